The van der Waals surface area contributed by atoms with Crippen LogP contribution in [0.25, 0.3) is 0 Å². The number of nitrogens with zero attached hydrogens (tertiary/aromatic N) is 1. The molecule has 0 aromatic carbocycles. The Bertz CT molecular complexity index is 161. The summed E-state index contributed by atoms with van der Waals surface area (Å²) in [5.41, 5.74) is 1.41. The van der Waals surface area contributed by atoms with Crippen molar-refractivity contribution < 1.29 is 4.74 Å². The highest BCUT2D eigenvalue weighted by atomic mass is 16.5. The van der Waals surface area contributed by atoms with Crippen molar-refractivity contribution in [3.63, 3.8) is 0 Å². The van der Waals surface area contributed by atoms with Gasteiger partial charge < -0.3 is 9.64 Å². The second kappa shape index (κ2) is 2.86. The molecule has 0 N–H and O–H groups in total. The van der Waals surface area contributed by atoms with E-state index in [1.807, 2.05) is 0 Å². The van der Waals surface area contributed by atoms with Crippen LogP contribution in [0.2, 0.25) is 0 Å². The molecule has 1 heterocycles. The Balaban J connectivity index is 2.52. The van der Waals surface area contributed by atoms with Crippen LogP contribution in [-0.2, 0) is 4.74 Å². The quantitative estimate of drug-likeness (QED) is 0.612. The highest BCUT2D eigenvalue weighted by molar-refractivity contribution is 5.10. The van der Waals surface area contributed by atoms with Crippen molar-refractivity contribution in [2.45, 2.75) is 13.8 Å². The average molecular weight is 155 g/mol. The molecular formula is C9H17NO. The molecule has 1 saturated heterocycles. The Morgan fingerprint density at radius 2 is 2.18 bits per heavy atom. The monoisotopic (exact) mass is 155 g/mol. The molecule has 1 aliphatic heterocycles. The molecule has 1 fully saturated rings. The minimum absolute atomic E-state index is 0.213. The second-order valence-corrected chi connectivity index (χ2v) is 3.51. The number of ether oxygens (including phenoxy) is 1. The lowest BCUT2D eigenvalue weighted by Crippen LogP contribution is -2.45. The number of hydrogen-bond donors (Lipinski definition) is 0. The SMILES string of the molecule is C=C(N(C)CC)C1(C)COC1. The maximum absolute atomic E-state index is 5.17. The van der Waals surface area contributed by atoms with Crippen molar-refractivity contribution >= 4 is 0 Å². The van der Waals surface area contributed by atoms with Crippen LogP contribution in [0.4, 0.5) is 0 Å². The summed E-state index contributed by atoms with van der Waals surface area (Å²) < 4.78 is 5.17. The first-order valence-corrected chi connectivity index (χ1v) is 4.08. The van der Waals surface area contributed by atoms with Crippen LogP contribution in [0.15, 0.2) is 12.3 Å². The van der Waals surface area contributed by atoms with Crippen LogP contribution >= 0.6 is 0 Å². The molecule has 2 heteroatoms. The summed E-state index contributed by atoms with van der Waals surface area (Å²) >= 11 is 0. The lowest BCUT2D eigenvalue weighted by Gasteiger charge is -2.43. The van der Waals surface area contributed by atoms with E-state index >= 15 is 0 Å². The van der Waals surface area contributed by atoms with Crippen molar-refractivity contribution in [3.8, 4) is 0 Å². The smallest absolute Gasteiger partial charge is 0.0597 e. The average Bonchev–Trinajstić information content (AvgIpc) is 1.97. The van der Waals surface area contributed by atoms with Gasteiger partial charge in [-0.2, -0.15) is 0 Å². The van der Waals surface area contributed by atoms with Gasteiger partial charge in [0.15, 0.2) is 0 Å². The van der Waals surface area contributed by atoms with Crippen LogP contribution in [0.5, 0.6) is 0 Å². The van der Waals surface area contributed by atoms with E-state index in [1.54, 1.807) is 0 Å². The fourth-order valence-corrected chi connectivity index (χ4v) is 1.23. The normalized spacial score (nSPS) is 20.6. The summed E-state index contributed by atoms with van der Waals surface area (Å²) in [6, 6.07) is 0. The Kier molecular flexibility index (Phi) is 2.23. The van der Waals surface area contributed by atoms with Gasteiger partial charge in [-0.1, -0.05) is 6.58 Å². The van der Waals surface area contributed by atoms with Crippen LogP contribution < -0.4 is 0 Å². The number of rotatable bonds is 3. The van der Waals surface area contributed by atoms with Gasteiger partial charge in [-0.25, -0.2) is 0 Å². The fourth-order valence-electron chi connectivity index (χ4n) is 1.23. The van der Waals surface area contributed by atoms with E-state index in [2.05, 4.69) is 32.4 Å². The van der Waals surface area contributed by atoms with Crippen LogP contribution in [-0.4, -0.2) is 31.7 Å². The van der Waals surface area contributed by atoms with Gasteiger partial charge in [0, 0.05) is 19.3 Å². The predicted molar refractivity (Wildman–Crippen MR) is 46.4 cm³/mol. The van der Waals surface area contributed by atoms with E-state index < -0.39 is 0 Å². The Labute approximate surface area is 68.8 Å². The van der Waals surface area contributed by atoms with Gasteiger partial charge in [0.05, 0.1) is 18.6 Å². The van der Waals surface area contributed by atoms with Crippen molar-refractivity contribution in [1.29, 1.82) is 0 Å². The molecule has 0 saturated carbocycles. The third-order valence-corrected chi connectivity index (χ3v) is 2.47. The van der Waals surface area contributed by atoms with Gasteiger partial charge in [0.25, 0.3) is 0 Å². The molecule has 0 amide bonds. The summed E-state index contributed by atoms with van der Waals surface area (Å²) in [7, 11) is 2.08. The molecule has 1 aliphatic rings. The van der Waals surface area contributed by atoms with Crippen LogP contribution in [0, 0.1) is 5.41 Å². The van der Waals surface area contributed by atoms with Gasteiger partial charge in [-0.15, -0.1) is 0 Å². The first-order valence-electron chi connectivity index (χ1n) is 4.08. The van der Waals surface area contributed by atoms with Gasteiger partial charge in [0.2, 0.25) is 0 Å². The largest absolute Gasteiger partial charge is 0.379 e. The van der Waals surface area contributed by atoms with E-state index in [4.69, 9.17) is 4.74 Å². The fraction of sp³-hybridized carbons (Fsp3) is 0.778. The standard InChI is InChI=1S/C9H17NO/c1-5-10(4)8(2)9(3)6-11-7-9/h2,5-7H2,1,3-4H3. The Morgan fingerprint density at radius 3 is 2.45 bits per heavy atom. The highest BCUT2D eigenvalue weighted by Crippen LogP contribution is 2.34. The molecule has 0 aromatic heterocycles. The van der Waals surface area contributed by atoms with Gasteiger partial charge in [-0.05, 0) is 13.8 Å². The lowest BCUT2D eigenvalue weighted by molar-refractivity contribution is -0.0887. The summed E-state index contributed by atoms with van der Waals surface area (Å²) in [6.07, 6.45) is 0. The van der Waals surface area contributed by atoms with E-state index in [0.29, 0.717) is 0 Å². The molecule has 2 nitrogen and oxygen atoms in total. The molecule has 0 aromatic rings. The molecule has 1 rings (SSSR count). The molecule has 0 bridgehead atoms. The molecule has 11 heavy (non-hydrogen) atoms. The van der Waals surface area contributed by atoms with Gasteiger partial charge in [0.1, 0.15) is 0 Å². The van der Waals surface area contributed by atoms with E-state index in [1.165, 1.54) is 5.70 Å². The molecule has 0 spiro atoms. The Hall–Kier alpha value is -0.500. The highest BCUT2D eigenvalue weighted by Gasteiger charge is 2.37. The Morgan fingerprint density at radius 1 is 1.64 bits per heavy atom. The van der Waals surface area contributed by atoms with Crippen LogP contribution in [0.1, 0.15) is 13.8 Å². The predicted octanol–water partition coefficient (Wildman–Crippen LogP) is 1.49. The summed E-state index contributed by atoms with van der Waals surface area (Å²) in [5, 5.41) is 0. The number of hydrogen-bond acceptors (Lipinski definition) is 2. The maximum atomic E-state index is 5.17. The van der Waals surface area contributed by atoms with Crippen molar-refractivity contribution in [2.24, 2.45) is 5.41 Å². The zero-order valence-electron chi connectivity index (χ0n) is 7.68. The third-order valence-electron chi connectivity index (χ3n) is 2.47. The first-order chi connectivity index (χ1) is 5.10. The van der Waals surface area contributed by atoms with E-state index in [0.717, 1.165) is 19.8 Å². The van der Waals surface area contributed by atoms with Crippen molar-refractivity contribution in [3.05, 3.63) is 12.3 Å². The van der Waals surface area contributed by atoms with Crippen molar-refractivity contribution in [2.75, 3.05) is 26.8 Å². The summed E-state index contributed by atoms with van der Waals surface area (Å²) in [4.78, 5) is 2.18. The van der Waals surface area contributed by atoms with E-state index in [-0.39, 0.29) is 5.41 Å². The summed E-state index contributed by atoms with van der Waals surface area (Å²) in [6.45, 7) is 11.1. The third kappa shape index (κ3) is 1.41. The molecule has 0 aliphatic carbocycles. The molecule has 0 radical (unpaired) electrons. The van der Waals surface area contributed by atoms with Crippen LogP contribution in [0.3, 0.4) is 0 Å². The molecular weight excluding hydrogens is 138 g/mol. The first kappa shape index (κ1) is 8.60. The maximum Gasteiger partial charge on any atom is 0.0597 e. The van der Waals surface area contributed by atoms with Gasteiger partial charge in [-0.3, -0.25) is 0 Å². The molecule has 0 atom stereocenters. The zero-order chi connectivity index (χ0) is 8.48. The van der Waals surface area contributed by atoms with Crippen molar-refractivity contribution in [1.82, 2.24) is 4.90 Å². The summed E-state index contributed by atoms with van der Waals surface area (Å²) in [5.74, 6) is 0. The minimum Gasteiger partial charge on any atom is -0.379 e. The lowest BCUT2D eigenvalue weighted by atomic mass is 9.85. The zero-order valence-corrected chi connectivity index (χ0v) is 7.68. The topological polar surface area (TPSA) is 12.5 Å². The van der Waals surface area contributed by atoms with Gasteiger partial charge >= 0.3 is 0 Å². The van der Waals surface area contributed by atoms with E-state index in [9.17, 15) is 0 Å². The molecule has 0 unspecified atom stereocenters. The second-order valence-electron chi connectivity index (χ2n) is 3.51. The minimum atomic E-state index is 0.213. The molecule has 64 valence electrons.